The van der Waals surface area contributed by atoms with Gasteiger partial charge >= 0.3 is 18.0 Å². The van der Waals surface area contributed by atoms with Crippen molar-refractivity contribution in [2.75, 3.05) is 13.1 Å². The number of aliphatic carboxylic acids is 2. The molecule has 118 valence electrons. The summed E-state index contributed by atoms with van der Waals surface area (Å²) >= 11 is 0. The Bertz CT molecular complexity index is 435. The highest BCUT2D eigenvalue weighted by atomic mass is 16.4. The van der Waals surface area contributed by atoms with E-state index in [0.29, 0.717) is 4.90 Å². The summed E-state index contributed by atoms with van der Waals surface area (Å²) in [6, 6.07) is -2.55. The number of nitrogens with one attached hydrogen (secondary N) is 1. The molecule has 0 aliphatic heterocycles. The van der Waals surface area contributed by atoms with Crippen molar-refractivity contribution in [3.8, 4) is 0 Å². The predicted molar refractivity (Wildman–Crippen MR) is 66.8 cm³/mol. The molecule has 0 aromatic rings. The van der Waals surface area contributed by atoms with Crippen LogP contribution in [-0.4, -0.2) is 64.0 Å². The number of carbonyl (C=O) groups is 5. The van der Waals surface area contributed by atoms with Crippen molar-refractivity contribution >= 4 is 29.8 Å². The molecule has 21 heavy (non-hydrogen) atoms. The topological polar surface area (TPSA) is 193 Å². The Morgan fingerprint density at radius 2 is 1.48 bits per heavy atom. The quantitative estimate of drug-likeness (QED) is 0.305. The number of carboxylic acid groups (broad SMARTS) is 2. The van der Waals surface area contributed by atoms with E-state index in [0.717, 1.165) is 0 Å². The molecule has 0 rings (SSSR count). The van der Waals surface area contributed by atoms with E-state index in [1.54, 1.807) is 0 Å². The van der Waals surface area contributed by atoms with Gasteiger partial charge < -0.3 is 31.9 Å². The van der Waals surface area contributed by atoms with Crippen LogP contribution in [0.15, 0.2) is 0 Å². The molecule has 0 saturated heterocycles. The molecule has 0 bridgehead atoms. The number of urea groups is 1. The Morgan fingerprint density at radius 3 is 1.81 bits per heavy atom. The van der Waals surface area contributed by atoms with Crippen molar-refractivity contribution in [3.63, 3.8) is 0 Å². The van der Waals surface area contributed by atoms with Crippen molar-refractivity contribution in [2.24, 2.45) is 11.5 Å². The van der Waals surface area contributed by atoms with Crippen LogP contribution in [0.2, 0.25) is 0 Å². The van der Waals surface area contributed by atoms with Gasteiger partial charge in [0.15, 0.2) is 0 Å². The third-order valence-electron chi connectivity index (χ3n) is 2.22. The van der Waals surface area contributed by atoms with Crippen LogP contribution in [0.4, 0.5) is 4.79 Å². The number of hydrogen-bond acceptors (Lipinski definition) is 5. The summed E-state index contributed by atoms with van der Waals surface area (Å²) in [6.07, 6.45) is -0.847. The van der Waals surface area contributed by atoms with Crippen molar-refractivity contribution in [2.45, 2.75) is 18.9 Å². The summed E-state index contributed by atoms with van der Waals surface area (Å²) < 4.78 is 0. The van der Waals surface area contributed by atoms with Gasteiger partial charge in [-0.1, -0.05) is 0 Å². The van der Waals surface area contributed by atoms with Gasteiger partial charge in [-0.25, -0.2) is 9.59 Å². The fraction of sp³-hybridized carbons (Fsp3) is 0.500. The molecular weight excluding hydrogens is 288 g/mol. The van der Waals surface area contributed by atoms with Crippen molar-refractivity contribution in [3.05, 3.63) is 0 Å². The third kappa shape index (κ3) is 8.02. The number of nitrogens with two attached hydrogens (primary N) is 2. The van der Waals surface area contributed by atoms with Crippen LogP contribution in [0.25, 0.3) is 0 Å². The van der Waals surface area contributed by atoms with Gasteiger partial charge in [0.2, 0.25) is 11.8 Å². The zero-order valence-electron chi connectivity index (χ0n) is 10.9. The molecule has 0 aromatic carbocycles. The van der Waals surface area contributed by atoms with E-state index in [4.69, 9.17) is 21.7 Å². The molecule has 11 heteroatoms. The van der Waals surface area contributed by atoms with Crippen LogP contribution in [0.3, 0.4) is 0 Å². The maximum absolute atomic E-state index is 11.8. The van der Waals surface area contributed by atoms with E-state index in [2.05, 4.69) is 0 Å². The second-order valence-electron chi connectivity index (χ2n) is 4.06. The molecule has 0 unspecified atom stereocenters. The Kier molecular flexibility index (Phi) is 7.21. The average Bonchev–Trinajstić information content (AvgIpc) is 2.31. The van der Waals surface area contributed by atoms with Crippen LogP contribution < -0.4 is 16.8 Å². The zero-order valence-corrected chi connectivity index (χ0v) is 10.9. The van der Waals surface area contributed by atoms with Crippen LogP contribution >= 0.6 is 0 Å². The average molecular weight is 304 g/mol. The molecule has 1 atom stereocenters. The highest BCUT2D eigenvalue weighted by Crippen LogP contribution is 2.00. The van der Waals surface area contributed by atoms with Crippen molar-refractivity contribution in [1.82, 2.24) is 10.2 Å². The van der Waals surface area contributed by atoms with Crippen molar-refractivity contribution in [1.29, 1.82) is 0 Å². The minimum atomic E-state index is -1.49. The van der Waals surface area contributed by atoms with Gasteiger partial charge in [-0.15, -0.1) is 0 Å². The number of carboxylic acids is 2. The van der Waals surface area contributed by atoms with Gasteiger partial charge in [0, 0.05) is 6.42 Å². The molecule has 11 nitrogen and oxygen atoms in total. The summed E-state index contributed by atoms with van der Waals surface area (Å²) in [5.74, 6) is -4.54. The monoisotopic (exact) mass is 304 g/mol. The van der Waals surface area contributed by atoms with Crippen LogP contribution in [0.1, 0.15) is 12.8 Å². The molecular formula is C10H16N4O7. The smallest absolute Gasteiger partial charge is 0.326 e. The maximum Gasteiger partial charge on any atom is 0.326 e. The number of carbonyl (C=O) groups excluding carboxylic acids is 3. The van der Waals surface area contributed by atoms with Gasteiger partial charge in [0.1, 0.15) is 19.1 Å². The summed E-state index contributed by atoms with van der Waals surface area (Å²) in [6.45, 7) is -1.28. The first-order chi connectivity index (χ1) is 9.63. The first kappa shape index (κ1) is 18.1. The Balaban J connectivity index is 4.80. The number of nitrogens with zero attached hydrogens (tertiary/aromatic N) is 1. The molecule has 7 N–H and O–H groups in total. The number of hydrogen-bond donors (Lipinski definition) is 5. The molecule has 0 aliphatic rings. The minimum Gasteiger partial charge on any atom is -0.481 e. The predicted octanol–water partition coefficient (Wildman–Crippen LogP) is -2.71. The van der Waals surface area contributed by atoms with Crippen LogP contribution in [-0.2, 0) is 19.2 Å². The molecule has 0 aromatic heterocycles. The largest absolute Gasteiger partial charge is 0.481 e. The number of primary amides is 2. The van der Waals surface area contributed by atoms with E-state index in [-0.39, 0.29) is 6.42 Å². The lowest BCUT2D eigenvalue weighted by molar-refractivity contribution is -0.140. The second kappa shape index (κ2) is 8.35. The lowest BCUT2D eigenvalue weighted by atomic mass is 10.1. The van der Waals surface area contributed by atoms with E-state index in [1.165, 1.54) is 0 Å². The maximum atomic E-state index is 11.8. The van der Waals surface area contributed by atoms with E-state index in [9.17, 15) is 24.0 Å². The van der Waals surface area contributed by atoms with Crippen molar-refractivity contribution < 1.29 is 34.2 Å². The Labute approximate surface area is 118 Å². The van der Waals surface area contributed by atoms with Gasteiger partial charge in [0.25, 0.3) is 0 Å². The SMILES string of the molecule is NC(=O)CN(CC(N)=O)C(=O)N[C@@H](CCC(=O)O)C(=O)O. The van der Waals surface area contributed by atoms with Gasteiger partial charge in [-0.3, -0.25) is 14.4 Å². The van der Waals surface area contributed by atoms with Gasteiger partial charge in [-0.2, -0.15) is 0 Å². The highest BCUT2D eigenvalue weighted by molar-refractivity contribution is 5.89. The standard InChI is InChI=1S/C10H16N4O7/c11-6(15)3-14(4-7(12)16)10(21)13-5(9(19)20)1-2-8(17)18/h5H,1-4H2,(H2,11,15)(H2,12,16)(H,13,21)(H,17,18)(H,19,20)/t5-/m0/s1. The molecule has 0 heterocycles. The first-order valence-electron chi connectivity index (χ1n) is 5.70. The summed E-state index contributed by atoms with van der Waals surface area (Å²) in [4.78, 5) is 55.3. The molecule has 0 saturated carbocycles. The molecule has 0 aliphatic carbocycles. The lowest BCUT2D eigenvalue weighted by Gasteiger charge is -2.22. The zero-order chi connectivity index (χ0) is 16.6. The van der Waals surface area contributed by atoms with Gasteiger partial charge in [0.05, 0.1) is 0 Å². The third-order valence-corrected chi connectivity index (χ3v) is 2.22. The fourth-order valence-corrected chi connectivity index (χ4v) is 1.34. The number of amides is 4. The van der Waals surface area contributed by atoms with Crippen LogP contribution in [0.5, 0.6) is 0 Å². The normalized spacial score (nSPS) is 11.2. The summed E-state index contributed by atoms with van der Waals surface area (Å²) in [5.41, 5.74) is 9.78. The number of rotatable bonds is 9. The Hall–Kier alpha value is -2.85. The Morgan fingerprint density at radius 1 is 1.00 bits per heavy atom. The first-order valence-corrected chi connectivity index (χ1v) is 5.70. The fourth-order valence-electron chi connectivity index (χ4n) is 1.34. The molecule has 4 amide bonds. The summed E-state index contributed by atoms with van der Waals surface area (Å²) in [5, 5.41) is 19.3. The second-order valence-corrected chi connectivity index (χ2v) is 4.06. The summed E-state index contributed by atoms with van der Waals surface area (Å²) in [7, 11) is 0. The molecule has 0 spiro atoms. The molecule has 0 radical (unpaired) electrons. The van der Waals surface area contributed by atoms with Gasteiger partial charge in [-0.05, 0) is 6.42 Å². The minimum absolute atomic E-state index is 0.364. The van der Waals surface area contributed by atoms with E-state index >= 15 is 0 Å². The molecule has 0 fully saturated rings. The lowest BCUT2D eigenvalue weighted by Crippen LogP contribution is -2.52. The van der Waals surface area contributed by atoms with E-state index in [1.807, 2.05) is 5.32 Å². The van der Waals surface area contributed by atoms with E-state index < -0.39 is 55.3 Å². The highest BCUT2D eigenvalue weighted by Gasteiger charge is 2.25. The van der Waals surface area contributed by atoms with Crippen LogP contribution in [0, 0.1) is 0 Å².